The number of morpholine rings is 1. The minimum absolute atomic E-state index is 0.0347. The molecule has 21 heavy (non-hydrogen) atoms. The minimum atomic E-state index is -0.624. The quantitative estimate of drug-likeness (QED) is 0.485. The van der Waals surface area contributed by atoms with Gasteiger partial charge in [0, 0.05) is 6.54 Å². The van der Waals surface area contributed by atoms with Crippen LogP contribution in [0.5, 0.6) is 0 Å². The van der Waals surface area contributed by atoms with Crippen molar-refractivity contribution in [1.82, 2.24) is 9.88 Å². The number of nitro groups is 1. The molecule has 7 nitrogen and oxygen atoms in total. The third kappa shape index (κ3) is 3.30. The number of hydrogen-bond donors (Lipinski definition) is 0. The standard InChI is InChI=1S/C13H16ClN3O4/c1-3-9-7-21-8(2)6-16(9)13(18)10-4-12(14)15-5-11(10)17(19)20/h4-5,8-9H,3,6-7H2,1-2H3. The molecule has 0 saturated carbocycles. The van der Waals surface area contributed by atoms with E-state index in [1.807, 2.05) is 13.8 Å². The van der Waals surface area contributed by atoms with Crippen molar-refractivity contribution in [3.8, 4) is 0 Å². The van der Waals surface area contributed by atoms with Gasteiger partial charge in [0.05, 0.1) is 23.7 Å². The van der Waals surface area contributed by atoms with Crippen LogP contribution in [0.1, 0.15) is 30.6 Å². The van der Waals surface area contributed by atoms with Crippen LogP contribution >= 0.6 is 11.6 Å². The first-order valence-electron chi connectivity index (χ1n) is 6.66. The summed E-state index contributed by atoms with van der Waals surface area (Å²) in [4.78, 5) is 28.4. The number of hydrogen-bond acceptors (Lipinski definition) is 5. The van der Waals surface area contributed by atoms with Crippen LogP contribution in [0.4, 0.5) is 5.69 Å². The fourth-order valence-corrected chi connectivity index (χ4v) is 2.48. The SMILES string of the molecule is CCC1COC(C)CN1C(=O)c1cc(Cl)ncc1[N+](=O)[O-]. The minimum Gasteiger partial charge on any atom is -0.375 e. The fraction of sp³-hybridized carbons (Fsp3) is 0.538. The number of ether oxygens (including phenoxy) is 1. The molecule has 0 bridgehead atoms. The molecule has 2 atom stereocenters. The Hall–Kier alpha value is -1.73. The average Bonchev–Trinajstić information content (AvgIpc) is 2.46. The highest BCUT2D eigenvalue weighted by Crippen LogP contribution is 2.25. The summed E-state index contributed by atoms with van der Waals surface area (Å²) in [6.07, 6.45) is 1.62. The van der Waals surface area contributed by atoms with Gasteiger partial charge in [0.2, 0.25) is 0 Å². The van der Waals surface area contributed by atoms with Gasteiger partial charge in [0.25, 0.3) is 11.6 Å². The van der Waals surface area contributed by atoms with E-state index in [-0.39, 0.29) is 28.5 Å². The summed E-state index contributed by atoms with van der Waals surface area (Å²) >= 11 is 5.77. The van der Waals surface area contributed by atoms with Crippen LogP contribution in [0.15, 0.2) is 12.3 Å². The fourth-order valence-electron chi connectivity index (χ4n) is 2.33. The Bertz CT molecular complexity index is 566. The number of carbonyl (C=O) groups is 1. The third-order valence-corrected chi connectivity index (χ3v) is 3.68. The number of aromatic nitrogens is 1. The topological polar surface area (TPSA) is 85.6 Å². The molecule has 1 fully saturated rings. The molecule has 114 valence electrons. The third-order valence-electron chi connectivity index (χ3n) is 3.48. The highest BCUT2D eigenvalue weighted by atomic mass is 35.5. The van der Waals surface area contributed by atoms with Crippen LogP contribution in [0.2, 0.25) is 5.15 Å². The number of amides is 1. The van der Waals surface area contributed by atoms with Crippen LogP contribution in [0, 0.1) is 10.1 Å². The molecule has 8 heteroatoms. The molecule has 1 aliphatic rings. The Morgan fingerprint density at radius 2 is 2.38 bits per heavy atom. The van der Waals surface area contributed by atoms with Gasteiger partial charge in [-0.3, -0.25) is 14.9 Å². The van der Waals surface area contributed by atoms with Crippen LogP contribution < -0.4 is 0 Å². The monoisotopic (exact) mass is 313 g/mol. The maximum absolute atomic E-state index is 12.7. The Balaban J connectivity index is 2.38. The van der Waals surface area contributed by atoms with Crippen molar-refractivity contribution >= 4 is 23.2 Å². The number of carbonyl (C=O) groups excluding carboxylic acids is 1. The normalized spacial score (nSPS) is 22.1. The Labute approximate surface area is 127 Å². The van der Waals surface area contributed by atoms with Crippen molar-refractivity contribution in [3.05, 3.63) is 33.1 Å². The van der Waals surface area contributed by atoms with E-state index in [4.69, 9.17) is 16.3 Å². The smallest absolute Gasteiger partial charge is 0.300 e. The summed E-state index contributed by atoms with van der Waals surface area (Å²) in [7, 11) is 0. The molecule has 1 amide bonds. The predicted octanol–water partition coefficient (Wildman–Crippen LogP) is 2.28. The molecule has 0 aliphatic carbocycles. The summed E-state index contributed by atoms with van der Waals surface area (Å²) in [5.41, 5.74) is -0.369. The molecule has 1 aliphatic heterocycles. The summed E-state index contributed by atoms with van der Waals surface area (Å²) in [6, 6.07) is 1.15. The largest absolute Gasteiger partial charge is 0.375 e. The van der Waals surface area contributed by atoms with Gasteiger partial charge in [-0.2, -0.15) is 0 Å². The first-order chi connectivity index (χ1) is 9.93. The molecule has 2 rings (SSSR count). The molecule has 2 heterocycles. The molecular formula is C13H16ClN3O4. The van der Waals surface area contributed by atoms with Crippen LogP contribution in [0.25, 0.3) is 0 Å². The van der Waals surface area contributed by atoms with Gasteiger partial charge in [0.15, 0.2) is 0 Å². The number of rotatable bonds is 3. The van der Waals surface area contributed by atoms with E-state index >= 15 is 0 Å². The summed E-state index contributed by atoms with van der Waals surface area (Å²) in [6.45, 7) is 4.63. The lowest BCUT2D eigenvalue weighted by atomic mass is 10.1. The summed E-state index contributed by atoms with van der Waals surface area (Å²) in [5.74, 6) is -0.409. The molecular weight excluding hydrogens is 298 g/mol. The Morgan fingerprint density at radius 1 is 1.67 bits per heavy atom. The first-order valence-corrected chi connectivity index (χ1v) is 7.04. The lowest BCUT2D eigenvalue weighted by Crippen LogP contribution is -2.51. The second-order valence-corrected chi connectivity index (χ2v) is 5.33. The number of halogens is 1. The van der Waals surface area contributed by atoms with Crippen LogP contribution in [-0.2, 0) is 4.74 Å². The van der Waals surface area contributed by atoms with Crippen molar-refractivity contribution in [2.45, 2.75) is 32.4 Å². The van der Waals surface area contributed by atoms with Gasteiger partial charge >= 0.3 is 0 Å². The van der Waals surface area contributed by atoms with E-state index in [0.717, 1.165) is 6.20 Å². The summed E-state index contributed by atoms with van der Waals surface area (Å²) < 4.78 is 5.53. The van der Waals surface area contributed by atoms with Crippen molar-refractivity contribution in [3.63, 3.8) is 0 Å². The maximum Gasteiger partial charge on any atom is 0.300 e. The number of pyridine rings is 1. The average molecular weight is 314 g/mol. The summed E-state index contributed by atoms with van der Waals surface area (Å²) in [5, 5.41) is 11.1. The lowest BCUT2D eigenvalue weighted by molar-refractivity contribution is -0.385. The second kappa shape index (κ2) is 6.36. The molecule has 0 N–H and O–H groups in total. The van der Waals surface area contributed by atoms with E-state index in [0.29, 0.717) is 19.6 Å². The van der Waals surface area contributed by atoms with Gasteiger partial charge in [0.1, 0.15) is 16.9 Å². The zero-order valence-electron chi connectivity index (χ0n) is 11.8. The van der Waals surface area contributed by atoms with E-state index < -0.39 is 10.8 Å². The Kier molecular flexibility index (Phi) is 4.74. The number of nitrogens with zero attached hydrogens (tertiary/aromatic N) is 3. The van der Waals surface area contributed by atoms with Crippen LogP contribution in [-0.4, -0.2) is 46.0 Å². The molecule has 1 aromatic heterocycles. The van der Waals surface area contributed by atoms with Crippen molar-refractivity contribution in [2.75, 3.05) is 13.2 Å². The van der Waals surface area contributed by atoms with Gasteiger partial charge < -0.3 is 9.64 Å². The van der Waals surface area contributed by atoms with Crippen molar-refractivity contribution in [2.24, 2.45) is 0 Å². The van der Waals surface area contributed by atoms with Gasteiger partial charge in [-0.25, -0.2) is 4.98 Å². The highest BCUT2D eigenvalue weighted by molar-refractivity contribution is 6.29. The van der Waals surface area contributed by atoms with E-state index in [9.17, 15) is 14.9 Å². The molecule has 0 aromatic carbocycles. The molecule has 0 spiro atoms. The van der Waals surface area contributed by atoms with Crippen LogP contribution in [0.3, 0.4) is 0 Å². The van der Waals surface area contributed by atoms with Crippen molar-refractivity contribution < 1.29 is 14.5 Å². The highest BCUT2D eigenvalue weighted by Gasteiger charge is 2.33. The molecule has 0 radical (unpaired) electrons. The molecule has 2 unspecified atom stereocenters. The van der Waals surface area contributed by atoms with Gasteiger partial charge in [-0.05, 0) is 19.4 Å². The second-order valence-electron chi connectivity index (χ2n) is 4.94. The first kappa shape index (κ1) is 15.7. The predicted molar refractivity (Wildman–Crippen MR) is 76.4 cm³/mol. The van der Waals surface area contributed by atoms with Gasteiger partial charge in [-0.1, -0.05) is 18.5 Å². The molecule has 1 aromatic rings. The van der Waals surface area contributed by atoms with E-state index in [2.05, 4.69) is 4.98 Å². The molecule has 1 saturated heterocycles. The lowest BCUT2D eigenvalue weighted by Gasteiger charge is -2.38. The zero-order valence-corrected chi connectivity index (χ0v) is 12.5. The Morgan fingerprint density at radius 3 is 3.00 bits per heavy atom. The van der Waals surface area contributed by atoms with E-state index in [1.165, 1.54) is 6.07 Å². The van der Waals surface area contributed by atoms with Crippen molar-refractivity contribution in [1.29, 1.82) is 0 Å². The van der Waals surface area contributed by atoms with E-state index in [1.54, 1.807) is 4.90 Å². The maximum atomic E-state index is 12.7. The van der Waals surface area contributed by atoms with Gasteiger partial charge in [-0.15, -0.1) is 0 Å². The zero-order chi connectivity index (χ0) is 15.6.